The van der Waals surface area contributed by atoms with Crippen LogP contribution in [0.3, 0.4) is 0 Å². The van der Waals surface area contributed by atoms with Crippen molar-refractivity contribution in [2.75, 3.05) is 17.3 Å². The summed E-state index contributed by atoms with van der Waals surface area (Å²) in [5.74, 6) is 6.80. The molecular formula is C19H19N5OS. The molecule has 0 fully saturated rings. The van der Waals surface area contributed by atoms with Crippen molar-refractivity contribution in [3.8, 4) is 11.4 Å². The van der Waals surface area contributed by atoms with Crippen LogP contribution < -0.4 is 10.7 Å². The van der Waals surface area contributed by atoms with Crippen LogP contribution in [0.15, 0.2) is 59.8 Å². The maximum Gasteiger partial charge on any atom is 0.240 e. The number of amides is 1. The van der Waals surface area contributed by atoms with Crippen molar-refractivity contribution < 1.29 is 4.79 Å². The first-order valence-electron chi connectivity index (χ1n) is 8.47. The molecule has 1 atom stereocenters. The predicted molar refractivity (Wildman–Crippen MR) is 103 cm³/mol. The number of carbonyl (C=O) groups excluding carboxylic acids is 1. The summed E-state index contributed by atoms with van der Waals surface area (Å²) in [7, 11) is 0. The van der Waals surface area contributed by atoms with Crippen LogP contribution in [0.25, 0.3) is 11.4 Å². The van der Waals surface area contributed by atoms with E-state index in [2.05, 4.69) is 16.3 Å². The summed E-state index contributed by atoms with van der Waals surface area (Å²) < 4.78 is 1.45. The van der Waals surface area contributed by atoms with Gasteiger partial charge in [0.15, 0.2) is 5.82 Å². The number of hydrogen-bond donors (Lipinski definition) is 1. The molecule has 1 aliphatic rings. The van der Waals surface area contributed by atoms with E-state index in [1.54, 1.807) is 0 Å². The van der Waals surface area contributed by atoms with E-state index in [1.807, 2.05) is 60.4 Å². The van der Waals surface area contributed by atoms with Gasteiger partial charge in [-0.25, -0.2) is 4.68 Å². The second-order valence-corrected chi connectivity index (χ2v) is 7.48. The van der Waals surface area contributed by atoms with E-state index in [4.69, 9.17) is 5.84 Å². The van der Waals surface area contributed by atoms with Gasteiger partial charge in [-0.05, 0) is 25.0 Å². The van der Waals surface area contributed by atoms with E-state index >= 15 is 0 Å². The Labute approximate surface area is 156 Å². The van der Waals surface area contributed by atoms with Crippen LogP contribution in [0.2, 0.25) is 0 Å². The number of rotatable bonds is 4. The Morgan fingerprint density at radius 2 is 1.85 bits per heavy atom. The standard InChI is InChI=1S/C19H19N5OS/c1-13(18(25)23-12-11-14-7-5-6-10-16(14)23)26-19-22-21-17(24(19)20)15-8-3-2-4-9-15/h2-10,13H,11-12,20H2,1H3. The van der Waals surface area contributed by atoms with E-state index in [1.165, 1.54) is 22.0 Å². The lowest BCUT2D eigenvalue weighted by atomic mass is 10.2. The highest BCUT2D eigenvalue weighted by atomic mass is 32.2. The number of carbonyl (C=O) groups is 1. The van der Waals surface area contributed by atoms with Crippen molar-refractivity contribution in [3.63, 3.8) is 0 Å². The molecule has 7 heteroatoms. The molecule has 0 saturated heterocycles. The Hall–Kier alpha value is -2.80. The summed E-state index contributed by atoms with van der Waals surface area (Å²) in [4.78, 5) is 14.8. The average molecular weight is 365 g/mol. The fraction of sp³-hybridized carbons (Fsp3) is 0.211. The molecule has 0 spiro atoms. The monoisotopic (exact) mass is 365 g/mol. The van der Waals surface area contributed by atoms with Gasteiger partial charge >= 0.3 is 0 Å². The molecule has 6 nitrogen and oxygen atoms in total. The number of fused-ring (bicyclic) bond motifs is 1. The molecule has 3 aromatic rings. The van der Waals surface area contributed by atoms with E-state index < -0.39 is 0 Å². The van der Waals surface area contributed by atoms with Gasteiger partial charge in [0.05, 0.1) is 5.25 Å². The summed E-state index contributed by atoms with van der Waals surface area (Å²) >= 11 is 1.33. The Bertz CT molecular complexity index is 940. The SMILES string of the molecule is CC(Sc1nnc(-c2ccccc2)n1N)C(=O)N1CCc2ccccc21. The predicted octanol–water partition coefficient (Wildman–Crippen LogP) is 2.73. The molecule has 2 N–H and O–H groups in total. The summed E-state index contributed by atoms with van der Waals surface area (Å²) in [6.45, 7) is 2.60. The zero-order valence-corrected chi connectivity index (χ0v) is 15.2. The Morgan fingerprint density at radius 1 is 1.12 bits per heavy atom. The van der Waals surface area contributed by atoms with Crippen LogP contribution in [-0.2, 0) is 11.2 Å². The van der Waals surface area contributed by atoms with Gasteiger partial charge in [-0.1, -0.05) is 60.3 Å². The van der Waals surface area contributed by atoms with E-state index in [-0.39, 0.29) is 11.2 Å². The largest absolute Gasteiger partial charge is 0.335 e. The summed E-state index contributed by atoms with van der Waals surface area (Å²) in [5, 5.41) is 8.56. The normalized spacial score (nSPS) is 14.3. The Kier molecular flexibility index (Phi) is 4.38. The number of nitrogens with two attached hydrogens (primary N) is 1. The Balaban J connectivity index is 1.52. The fourth-order valence-corrected chi connectivity index (χ4v) is 3.97. The minimum atomic E-state index is -0.309. The number of para-hydroxylation sites is 1. The van der Waals surface area contributed by atoms with Gasteiger partial charge in [-0.15, -0.1) is 10.2 Å². The molecule has 0 radical (unpaired) electrons. The highest BCUT2D eigenvalue weighted by Crippen LogP contribution is 2.31. The van der Waals surface area contributed by atoms with Gasteiger partial charge < -0.3 is 10.7 Å². The van der Waals surface area contributed by atoms with Crippen LogP contribution >= 0.6 is 11.8 Å². The Morgan fingerprint density at radius 3 is 2.65 bits per heavy atom. The van der Waals surface area contributed by atoms with Gasteiger partial charge in [-0.3, -0.25) is 4.79 Å². The second-order valence-electron chi connectivity index (χ2n) is 6.17. The zero-order chi connectivity index (χ0) is 18.1. The number of nitrogens with zero attached hydrogens (tertiary/aromatic N) is 4. The minimum absolute atomic E-state index is 0.0595. The van der Waals surface area contributed by atoms with Gasteiger partial charge in [-0.2, -0.15) is 0 Å². The summed E-state index contributed by atoms with van der Waals surface area (Å²) in [6.07, 6.45) is 0.893. The smallest absolute Gasteiger partial charge is 0.240 e. The van der Waals surface area contributed by atoms with E-state index in [9.17, 15) is 4.79 Å². The molecule has 26 heavy (non-hydrogen) atoms. The highest BCUT2D eigenvalue weighted by Gasteiger charge is 2.29. The van der Waals surface area contributed by atoms with Gasteiger partial charge in [0.25, 0.3) is 0 Å². The first kappa shape index (κ1) is 16.7. The molecule has 0 bridgehead atoms. The van der Waals surface area contributed by atoms with Crippen molar-refractivity contribution in [1.82, 2.24) is 14.9 Å². The lowest BCUT2D eigenvalue weighted by Gasteiger charge is -2.21. The number of anilines is 1. The highest BCUT2D eigenvalue weighted by molar-refractivity contribution is 8.00. The lowest BCUT2D eigenvalue weighted by Crippen LogP contribution is -2.35. The van der Waals surface area contributed by atoms with Crippen LogP contribution in [-0.4, -0.2) is 32.6 Å². The zero-order valence-electron chi connectivity index (χ0n) is 14.4. The van der Waals surface area contributed by atoms with Crippen molar-refractivity contribution in [2.24, 2.45) is 0 Å². The first-order valence-corrected chi connectivity index (χ1v) is 9.35. The number of thioether (sulfide) groups is 1. The van der Waals surface area contributed by atoms with E-state index in [0.717, 1.165) is 17.7 Å². The maximum absolute atomic E-state index is 12.9. The van der Waals surface area contributed by atoms with Crippen LogP contribution in [0.4, 0.5) is 5.69 Å². The maximum atomic E-state index is 12.9. The lowest BCUT2D eigenvalue weighted by molar-refractivity contribution is -0.117. The third kappa shape index (κ3) is 2.94. The third-order valence-electron chi connectivity index (χ3n) is 4.48. The van der Waals surface area contributed by atoms with Crippen molar-refractivity contribution in [3.05, 3.63) is 60.2 Å². The molecule has 1 aromatic heterocycles. The van der Waals surface area contributed by atoms with Crippen LogP contribution in [0.5, 0.6) is 0 Å². The number of benzene rings is 2. The number of aromatic nitrogens is 3. The average Bonchev–Trinajstić information content (AvgIpc) is 3.26. The van der Waals surface area contributed by atoms with Gasteiger partial charge in [0, 0.05) is 17.8 Å². The van der Waals surface area contributed by atoms with E-state index in [0.29, 0.717) is 17.5 Å². The quantitative estimate of drug-likeness (QED) is 0.568. The summed E-state index contributed by atoms with van der Waals surface area (Å²) in [6, 6.07) is 17.7. The molecule has 4 rings (SSSR count). The number of nitrogen functional groups attached to an aromatic ring is 1. The molecule has 2 aromatic carbocycles. The molecule has 0 saturated carbocycles. The minimum Gasteiger partial charge on any atom is -0.335 e. The first-order chi connectivity index (χ1) is 12.6. The van der Waals surface area contributed by atoms with Crippen molar-refractivity contribution in [1.29, 1.82) is 0 Å². The van der Waals surface area contributed by atoms with Crippen molar-refractivity contribution in [2.45, 2.75) is 23.8 Å². The van der Waals surface area contributed by atoms with Gasteiger partial charge in [0.1, 0.15) is 0 Å². The molecule has 1 amide bonds. The molecule has 1 unspecified atom stereocenters. The molecule has 2 heterocycles. The second kappa shape index (κ2) is 6.84. The van der Waals surface area contributed by atoms with Crippen molar-refractivity contribution >= 4 is 23.4 Å². The van der Waals surface area contributed by atoms with Crippen LogP contribution in [0, 0.1) is 0 Å². The molecular weight excluding hydrogens is 346 g/mol. The number of hydrogen-bond acceptors (Lipinski definition) is 5. The topological polar surface area (TPSA) is 77.0 Å². The molecule has 1 aliphatic heterocycles. The summed E-state index contributed by atoms with van der Waals surface area (Å²) in [5.41, 5.74) is 3.11. The van der Waals surface area contributed by atoms with Gasteiger partial charge in [0.2, 0.25) is 11.1 Å². The van der Waals surface area contributed by atoms with Crippen LogP contribution in [0.1, 0.15) is 12.5 Å². The molecule has 132 valence electrons. The fourth-order valence-electron chi connectivity index (χ4n) is 3.14. The molecule has 0 aliphatic carbocycles. The third-order valence-corrected chi connectivity index (χ3v) is 5.52.